The topological polar surface area (TPSA) is 108 Å². The summed E-state index contributed by atoms with van der Waals surface area (Å²) < 4.78 is 0. The molecule has 1 aromatic heterocycles. The molecular formula is C25H24N6O3. The number of hydrogen-bond acceptors (Lipinski definition) is 7. The number of nitrogens with zero attached hydrogens (tertiary/aromatic N) is 4. The van der Waals surface area contributed by atoms with Gasteiger partial charge in [-0.15, -0.1) is 10.2 Å². The summed E-state index contributed by atoms with van der Waals surface area (Å²) in [6, 6.07) is 8.68. The molecule has 34 heavy (non-hydrogen) atoms. The van der Waals surface area contributed by atoms with E-state index in [-0.39, 0.29) is 18.2 Å². The Balaban J connectivity index is 1.14. The number of nitrogens with one attached hydrogen (secondary N) is 2. The van der Waals surface area contributed by atoms with Crippen molar-refractivity contribution < 1.29 is 14.4 Å². The highest BCUT2D eigenvalue weighted by Crippen LogP contribution is 2.35. The Kier molecular flexibility index (Phi) is 4.85. The maximum atomic E-state index is 12.8. The summed E-state index contributed by atoms with van der Waals surface area (Å²) in [6.07, 6.45) is 1.77. The predicted octanol–water partition coefficient (Wildman–Crippen LogP) is 0.437. The van der Waals surface area contributed by atoms with Crippen LogP contribution in [0.5, 0.6) is 0 Å². The molecule has 3 amide bonds. The van der Waals surface area contributed by atoms with Gasteiger partial charge in [-0.25, -0.2) is 0 Å². The van der Waals surface area contributed by atoms with E-state index in [1.54, 1.807) is 12.1 Å². The molecule has 9 nitrogen and oxygen atoms in total. The van der Waals surface area contributed by atoms with Crippen LogP contribution < -0.4 is 15.5 Å². The van der Waals surface area contributed by atoms with E-state index in [0.29, 0.717) is 29.6 Å². The van der Waals surface area contributed by atoms with Crippen LogP contribution in [-0.2, 0) is 16.1 Å². The summed E-state index contributed by atoms with van der Waals surface area (Å²) in [6.45, 7) is 4.52. The van der Waals surface area contributed by atoms with Crippen LogP contribution in [0.1, 0.15) is 46.4 Å². The van der Waals surface area contributed by atoms with Gasteiger partial charge in [-0.2, -0.15) is 0 Å². The fraction of sp³-hybridized carbons (Fsp3) is 0.400. The van der Waals surface area contributed by atoms with E-state index in [9.17, 15) is 14.4 Å². The first kappa shape index (κ1) is 20.8. The quantitative estimate of drug-likeness (QED) is 0.499. The first-order chi connectivity index (χ1) is 16.5. The second-order valence-corrected chi connectivity index (χ2v) is 9.57. The lowest BCUT2D eigenvalue weighted by molar-refractivity contribution is -0.136. The predicted molar refractivity (Wildman–Crippen MR) is 123 cm³/mol. The SMILES string of the molecule is O=C1CCC(N2Cc3cc(C#Cc4ccc(N5CCC6(CNC6)C5)nn4)ccc3C2=O)C(=O)N1. The highest BCUT2D eigenvalue weighted by Gasteiger charge is 2.43. The molecule has 3 saturated heterocycles. The molecule has 0 radical (unpaired) electrons. The Bertz CT molecular complexity index is 1260. The monoisotopic (exact) mass is 456 g/mol. The minimum absolute atomic E-state index is 0.188. The molecule has 3 fully saturated rings. The first-order valence-corrected chi connectivity index (χ1v) is 11.6. The number of hydrogen-bond donors (Lipinski definition) is 2. The third-order valence-corrected chi connectivity index (χ3v) is 7.27. The molecular weight excluding hydrogens is 432 g/mol. The van der Waals surface area contributed by atoms with Gasteiger partial charge in [0, 0.05) is 55.7 Å². The smallest absolute Gasteiger partial charge is 0.255 e. The van der Waals surface area contributed by atoms with Gasteiger partial charge in [0.05, 0.1) is 0 Å². The van der Waals surface area contributed by atoms with Gasteiger partial charge in [0.15, 0.2) is 5.82 Å². The minimum Gasteiger partial charge on any atom is -0.354 e. The van der Waals surface area contributed by atoms with Crippen molar-refractivity contribution in [3.05, 3.63) is 52.7 Å². The molecule has 5 heterocycles. The molecule has 172 valence electrons. The second-order valence-electron chi connectivity index (χ2n) is 9.57. The number of rotatable bonds is 2. The van der Waals surface area contributed by atoms with Crippen molar-refractivity contribution in [3.63, 3.8) is 0 Å². The number of fused-ring (bicyclic) bond motifs is 1. The zero-order valence-electron chi connectivity index (χ0n) is 18.6. The summed E-state index contributed by atoms with van der Waals surface area (Å²) in [7, 11) is 0. The lowest BCUT2D eigenvalue weighted by Gasteiger charge is -2.39. The van der Waals surface area contributed by atoms with Gasteiger partial charge in [-0.3, -0.25) is 19.7 Å². The number of benzene rings is 1. The number of aromatic nitrogens is 2. The first-order valence-electron chi connectivity index (χ1n) is 11.6. The van der Waals surface area contributed by atoms with E-state index in [4.69, 9.17) is 0 Å². The van der Waals surface area contributed by atoms with Crippen molar-refractivity contribution in [2.24, 2.45) is 5.41 Å². The molecule has 1 spiro atoms. The van der Waals surface area contributed by atoms with Gasteiger partial charge >= 0.3 is 0 Å². The van der Waals surface area contributed by atoms with Crippen LogP contribution in [0.3, 0.4) is 0 Å². The largest absolute Gasteiger partial charge is 0.354 e. The van der Waals surface area contributed by atoms with Gasteiger partial charge in [0.1, 0.15) is 11.7 Å². The Morgan fingerprint density at radius 1 is 1.06 bits per heavy atom. The maximum Gasteiger partial charge on any atom is 0.255 e. The lowest BCUT2D eigenvalue weighted by atomic mass is 9.81. The van der Waals surface area contributed by atoms with Crippen LogP contribution in [0.4, 0.5) is 5.82 Å². The molecule has 0 saturated carbocycles. The van der Waals surface area contributed by atoms with Crippen LogP contribution in [0.25, 0.3) is 0 Å². The van der Waals surface area contributed by atoms with Crippen molar-refractivity contribution >= 4 is 23.5 Å². The van der Waals surface area contributed by atoms with Gasteiger partial charge in [-0.1, -0.05) is 5.92 Å². The number of carbonyl (C=O) groups is 3. The van der Waals surface area contributed by atoms with Crippen LogP contribution >= 0.6 is 0 Å². The lowest BCUT2D eigenvalue weighted by Crippen LogP contribution is -2.54. The van der Waals surface area contributed by atoms with Gasteiger partial charge in [-0.05, 0) is 54.7 Å². The second kappa shape index (κ2) is 7.92. The summed E-state index contributed by atoms with van der Waals surface area (Å²) in [5.74, 6) is 6.16. The number of piperidine rings is 1. The number of carbonyl (C=O) groups excluding carboxylic acids is 3. The highest BCUT2D eigenvalue weighted by molar-refractivity contribution is 6.05. The van der Waals surface area contributed by atoms with E-state index in [1.165, 1.54) is 11.3 Å². The fourth-order valence-electron chi connectivity index (χ4n) is 5.25. The molecule has 6 rings (SSSR count). The third-order valence-electron chi connectivity index (χ3n) is 7.27. The Morgan fingerprint density at radius 3 is 2.65 bits per heavy atom. The van der Waals surface area contributed by atoms with Gasteiger partial charge in [0.2, 0.25) is 11.8 Å². The van der Waals surface area contributed by atoms with Gasteiger partial charge < -0.3 is 15.1 Å². The van der Waals surface area contributed by atoms with E-state index in [2.05, 4.69) is 37.6 Å². The van der Waals surface area contributed by atoms with Crippen molar-refractivity contribution in [2.75, 3.05) is 31.1 Å². The minimum atomic E-state index is -0.619. The third kappa shape index (κ3) is 3.60. The average molecular weight is 457 g/mol. The number of imide groups is 1. The Hall–Kier alpha value is -3.77. The van der Waals surface area contributed by atoms with E-state index in [1.807, 2.05) is 18.2 Å². The molecule has 1 atom stereocenters. The highest BCUT2D eigenvalue weighted by atomic mass is 16.2. The molecule has 9 heteroatoms. The number of amides is 3. The molecule has 0 aliphatic carbocycles. The van der Waals surface area contributed by atoms with E-state index < -0.39 is 11.9 Å². The van der Waals surface area contributed by atoms with Crippen molar-refractivity contribution in [1.29, 1.82) is 0 Å². The van der Waals surface area contributed by atoms with Crippen molar-refractivity contribution in [1.82, 2.24) is 25.7 Å². The maximum absolute atomic E-state index is 12.8. The molecule has 2 N–H and O–H groups in total. The Morgan fingerprint density at radius 2 is 1.94 bits per heavy atom. The van der Waals surface area contributed by atoms with Crippen LogP contribution in [0.2, 0.25) is 0 Å². The van der Waals surface area contributed by atoms with Crippen LogP contribution in [0, 0.1) is 17.3 Å². The van der Waals surface area contributed by atoms with Crippen molar-refractivity contribution in [3.8, 4) is 11.8 Å². The molecule has 2 aromatic rings. The Labute approximate surface area is 196 Å². The normalized spacial score (nSPS) is 22.8. The zero-order chi connectivity index (χ0) is 23.3. The molecule has 4 aliphatic rings. The standard InChI is InChI=1S/C25H24N6O3/c32-22-8-6-20(23(33)27-22)31-12-17-11-16(2-5-19(17)24(31)34)1-3-18-4-7-21(29-28-18)30-10-9-25(15-30)13-26-14-25/h2,4-5,7,11,20,26H,6,8-10,12-15H2,(H,27,32,33). The summed E-state index contributed by atoms with van der Waals surface area (Å²) in [4.78, 5) is 40.3. The fourth-order valence-corrected chi connectivity index (χ4v) is 5.25. The molecule has 1 aromatic carbocycles. The molecule has 1 unspecified atom stereocenters. The summed E-state index contributed by atoms with van der Waals surface area (Å²) >= 11 is 0. The average Bonchev–Trinajstić information content (AvgIpc) is 3.41. The summed E-state index contributed by atoms with van der Waals surface area (Å²) in [5, 5.41) is 14.4. The van der Waals surface area contributed by atoms with E-state index >= 15 is 0 Å². The molecule has 4 aliphatic heterocycles. The van der Waals surface area contributed by atoms with E-state index in [0.717, 1.165) is 43.1 Å². The zero-order valence-corrected chi connectivity index (χ0v) is 18.6. The van der Waals surface area contributed by atoms with Crippen LogP contribution in [0.15, 0.2) is 30.3 Å². The number of anilines is 1. The van der Waals surface area contributed by atoms with Crippen molar-refractivity contribution in [2.45, 2.75) is 31.8 Å². The van der Waals surface area contributed by atoms with Crippen LogP contribution in [-0.4, -0.2) is 65.0 Å². The summed E-state index contributed by atoms with van der Waals surface area (Å²) in [5.41, 5.74) is 3.16. The molecule has 0 bridgehead atoms. The van der Waals surface area contributed by atoms with Gasteiger partial charge in [0.25, 0.3) is 5.91 Å².